The number of anilines is 2. The first-order chi connectivity index (χ1) is 13.0. The average molecular weight is 386 g/mol. The van der Waals surface area contributed by atoms with E-state index >= 15 is 0 Å². The van der Waals surface area contributed by atoms with Gasteiger partial charge in [-0.1, -0.05) is 18.2 Å². The molecule has 8 heteroatoms. The third kappa shape index (κ3) is 3.41. The Kier molecular flexibility index (Phi) is 4.59. The highest BCUT2D eigenvalue weighted by Gasteiger charge is 2.33. The normalized spacial score (nSPS) is 20.5. The lowest BCUT2D eigenvalue weighted by Crippen LogP contribution is -2.37. The molecule has 0 N–H and O–H groups in total. The maximum Gasteiger partial charge on any atom is 0.278 e. The maximum absolute atomic E-state index is 12.8. The number of hydrogen-bond donors (Lipinski definition) is 0. The van der Waals surface area contributed by atoms with E-state index in [1.165, 1.54) is 0 Å². The van der Waals surface area contributed by atoms with Gasteiger partial charge < -0.3 is 9.80 Å². The molecule has 3 heterocycles. The number of fused-ring (bicyclic) bond motifs is 1. The van der Waals surface area contributed by atoms with E-state index in [0.29, 0.717) is 31.0 Å². The molecule has 2 aliphatic heterocycles. The summed E-state index contributed by atoms with van der Waals surface area (Å²) in [6.45, 7) is 3.25. The minimum Gasteiger partial charge on any atom is -0.351 e. The van der Waals surface area contributed by atoms with Crippen molar-refractivity contribution in [3.05, 3.63) is 47.7 Å². The summed E-state index contributed by atoms with van der Waals surface area (Å²) < 4.78 is 23.5. The number of hydrogen-bond acceptors (Lipinski definition) is 6. The van der Waals surface area contributed by atoms with Crippen LogP contribution in [0.25, 0.3) is 0 Å². The Hall–Kier alpha value is -2.48. The molecule has 0 bridgehead atoms. The molecule has 0 aliphatic carbocycles. The molecule has 1 aromatic carbocycles. The van der Waals surface area contributed by atoms with Crippen LogP contribution in [0.15, 0.2) is 36.4 Å². The molecule has 1 fully saturated rings. The molecule has 1 amide bonds. The predicted molar refractivity (Wildman–Crippen MR) is 104 cm³/mol. The summed E-state index contributed by atoms with van der Waals surface area (Å²) in [5.74, 6) is 0.809. The lowest BCUT2D eigenvalue weighted by atomic mass is 10.2. The van der Waals surface area contributed by atoms with E-state index in [1.807, 2.05) is 36.1 Å². The molecular weight excluding hydrogens is 364 g/mol. The van der Waals surface area contributed by atoms with Crippen molar-refractivity contribution in [3.63, 3.8) is 0 Å². The number of benzene rings is 1. The van der Waals surface area contributed by atoms with Crippen molar-refractivity contribution in [1.29, 1.82) is 0 Å². The Balaban J connectivity index is 1.53. The monoisotopic (exact) mass is 386 g/mol. The van der Waals surface area contributed by atoms with Gasteiger partial charge in [0.2, 0.25) is 0 Å². The van der Waals surface area contributed by atoms with Crippen molar-refractivity contribution in [1.82, 2.24) is 10.2 Å². The highest BCUT2D eigenvalue weighted by atomic mass is 32.2. The fourth-order valence-electron chi connectivity index (χ4n) is 3.91. The first-order valence-corrected chi connectivity index (χ1v) is 11.0. The van der Waals surface area contributed by atoms with Crippen LogP contribution in [-0.2, 0) is 16.3 Å². The lowest BCUT2D eigenvalue weighted by Gasteiger charge is -2.27. The first-order valence-electron chi connectivity index (χ1n) is 9.19. The Morgan fingerprint density at radius 1 is 1.22 bits per heavy atom. The summed E-state index contributed by atoms with van der Waals surface area (Å²) in [4.78, 5) is 16.5. The van der Waals surface area contributed by atoms with Gasteiger partial charge in [0.25, 0.3) is 5.91 Å². The molecule has 7 nitrogen and oxygen atoms in total. The maximum atomic E-state index is 12.8. The van der Waals surface area contributed by atoms with Gasteiger partial charge >= 0.3 is 0 Å². The number of nitrogens with zero attached hydrogens (tertiary/aromatic N) is 4. The molecule has 0 saturated carbocycles. The van der Waals surface area contributed by atoms with Crippen molar-refractivity contribution >= 4 is 27.2 Å². The number of aromatic nitrogens is 2. The van der Waals surface area contributed by atoms with Gasteiger partial charge in [0.15, 0.2) is 21.3 Å². The van der Waals surface area contributed by atoms with Crippen LogP contribution < -0.4 is 9.80 Å². The summed E-state index contributed by atoms with van der Waals surface area (Å²) in [5, 5.41) is 8.36. The SMILES string of the molecule is CCN(c1ccc(C(=O)N2CCc3ccccc32)nn1)C1CCS(=O)(=O)C1. The fraction of sp³-hybridized carbons (Fsp3) is 0.421. The zero-order valence-corrected chi connectivity index (χ0v) is 16.0. The highest BCUT2D eigenvalue weighted by molar-refractivity contribution is 7.91. The van der Waals surface area contributed by atoms with E-state index in [1.54, 1.807) is 17.0 Å². The molecule has 1 aromatic heterocycles. The van der Waals surface area contributed by atoms with Crippen LogP contribution in [0.1, 0.15) is 29.4 Å². The Labute approximate surface area is 158 Å². The summed E-state index contributed by atoms with van der Waals surface area (Å²) in [5.41, 5.74) is 2.39. The largest absolute Gasteiger partial charge is 0.351 e. The number of sulfone groups is 1. The van der Waals surface area contributed by atoms with E-state index in [0.717, 1.165) is 17.7 Å². The zero-order valence-electron chi connectivity index (χ0n) is 15.2. The third-order valence-electron chi connectivity index (χ3n) is 5.29. The van der Waals surface area contributed by atoms with Crippen LogP contribution in [0, 0.1) is 0 Å². The second-order valence-electron chi connectivity index (χ2n) is 6.96. The fourth-order valence-corrected chi connectivity index (χ4v) is 5.64. The van der Waals surface area contributed by atoms with Crippen molar-refractivity contribution in [3.8, 4) is 0 Å². The van der Waals surface area contributed by atoms with Crippen molar-refractivity contribution < 1.29 is 13.2 Å². The molecule has 2 aliphatic rings. The smallest absolute Gasteiger partial charge is 0.278 e. The predicted octanol–water partition coefficient (Wildman–Crippen LogP) is 1.69. The van der Waals surface area contributed by atoms with Crippen LogP contribution in [0.5, 0.6) is 0 Å². The molecule has 0 spiro atoms. The van der Waals surface area contributed by atoms with Gasteiger partial charge in [0, 0.05) is 24.8 Å². The topological polar surface area (TPSA) is 83.5 Å². The van der Waals surface area contributed by atoms with Crippen molar-refractivity contribution in [2.75, 3.05) is 34.4 Å². The van der Waals surface area contributed by atoms with Crippen LogP contribution in [-0.4, -0.2) is 55.2 Å². The highest BCUT2D eigenvalue weighted by Crippen LogP contribution is 2.29. The minimum absolute atomic E-state index is 0.0821. The Morgan fingerprint density at radius 2 is 2.04 bits per heavy atom. The van der Waals surface area contributed by atoms with Gasteiger partial charge in [-0.3, -0.25) is 4.79 Å². The Bertz CT molecular complexity index is 959. The summed E-state index contributed by atoms with van der Waals surface area (Å²) in [6.07, 6.45) is 1.44. The minimum atomic E-state index is -2.97. The number of para-hydroxylation sites is 1. The molecule has 1 saturated heterocycles. The Morgan fingerprint density at radius 3 is 2.70 bits per heavy atom. The lowest BCUT2D eigenvalue weighted by molar-refractivity contribution is 0.0983. The first kappa shape index (κ1) is 17.9. The standard InChI is InChI=1S/C19H22N4O3S/c1-2-22(15-10-12-27(25,26)13-15)18-8-7-16(20-21-18)19(24)23-11-9-14-5-3-4-6-17(14)23/h3-8,15H,2,9-13H2,1H3. The summed E-state index contributed by atoms with van der Waals surface area (Å²) in [6, 6.07) is 11.2. The molecule has 2 aromatic rings. The quantitative estimate of drug-likeness (QED) is 0.795. The zero-order chi connectivity index (χ0) is 19.0. The molecule has 1 unspecified atom stereocenters. The number of carbonyl (C=O) groups excluding carboxylic acids is 1. The van der Waals surface area contributed by atoms with E-state index in [9.17, 15) is 13.2 Å². The molecule has 142 valence electrons. The van der Waals surface area contributed by atoms with E-state index in [2.05, 4.69) is 10.2 Å². The number of carbonyl (C=O) groups is 1. The number of amides is 1. The molecular formula is C19H22N4O3S. The average Bonchev–Trinajstić information content (AvgIpc) is 3.25. The van der Waals surface area contributed by atoms with Gasteiger partial charge in [-0.15, -0.1) is 10.2 Å². The third-order valence-corrected chi connectivity index (χ3v) is 7.04. The molecule has 27 heavy (non-hydrogen) atoms. The van der Waals surface area contributed by atoms with Gasteiger partial charge in [0.05, 0.1) is 11.5 Å². The second kappa shape index (κ2) is 6.92. The van der Waals surface area contributed by atoms with Gasteiger partial charge in [0.1, 0.15) is 0 Å². The molecule has 4 rings (SSSR count). The van der Waals surface area contributed by atoms with Gasteiger partial charge in [-0.2, -0.15) is 0 Å². The van der Waals surface area contributed by atoms with E-state index < -0.39 is 9.84 Å². The summed E-state index contributed by atoms with van der Waals surface area (Å²) in [7, 11) is -2.97. The van der Waals surface area contributed by atoms with Crippen LogP contribution >= 0.6 is 0 Å². The van der Waals surface area contributed by atoms with Crippen molar-refractivity contribution in [2.45, 2.75) is 25.8 Å². The van der Waals surface area contributed by atoms with Gasteiger partial charge in [-0.05, 0) is 43.5 Å². The van der Waals surface area contributed by atoms with Gasteiger partial charge in [-0.25, -0.2) is 8.42 Å². The van der Waals surface area contributed by atoms with Crippen molar-refractivity contribution in [2.24, 2.45) is 0 Å². The van der Waals surface area contributed by atoms with Crippen LogP contribution in [0.4, 0.5) is 11.5 Å². The second-order valence-corrected chi connectivity index (χ2v) is 9.18. The summed E-state index contributed by atoms with van der Waals surface area (Å²) >= 11 is 0. The van der Waals surface area contributed by atoms with Crippen LogP contribution in [0.2, 0.25) is 0 Å². The molecule has 1 atom stereocenters. The van der Waals surface area contributed by atoms with Crippen LogP contribution in [0.3, 0.4) is 0 Å². The molecule has 0 radical (unpaired) electrons. The van der Waals surface area contributed by atoms with E-state index in [4.69, 9.17) is 0 Å². The van der Waals surface area contributed by atoms with E-state index in [-0.39, 0.29) is 23.5 Å². The number of rotatable bonds is 4.